The smallest absolute Gasteiger partial charge is 0.342 e. The van der Waals surface area contributed by atoms with E-state index in [0.29, 0.717) is 12.3 Å². The Hall–Kier alpha value is -1.10. The highest BCUT2D eigenvalue weighted by molar-refractivity contribution is 5.89. The predicted octanol–water partition coefficient (Wildman–Crippen LogP) is -1.72. The van der Waals surface area contributed by atoms with E-state index < -0.39 is 0 Å². The van der Waals surface area contributed by atoms with Crippen LogP contribution in [0.3, 0.4) is 0 Å². The molecule has 0 saturated carbocycles. The summed E-state index contributed by atoms with van der Waals surface area (Å²) in [5.41, 5.74) is 0.604. The van der Waals surface area contributed by atoms with Gasteiger partial charge >= 0.3 is 5.97 Å². The standard InChI is InChI=1S/C13H18NO3.ClH/c1-14(7-9-16-10-8-14)11-17-13(15)12-5-3-2-4-6-12;/h2-6H,7-11H2,1H3;1H/q+1;/p-1. The molecule has 2 rings (SSSR count). The van der Waals surface area contributed by atoms with Crippen LogP contribution < -0.4 is 12.4 Å². The lowest BCUT2D eigenvalue weighted by Gasteiger charge is -2.36. The third kappa shape index (κ3) is 3.98. The molecule has 1 saturated heterocycles. The number of esters is 1. The summed E-state index contributed by atoms with van der Waals surface area (Å²) in [5, 5.41) is 0. The Morgan fingerprint density at radius 2 is 1.89 bits per heavy atom. The summed E-state index contributed by atoms with van der Waals surface area (Å²) in [7, 11) is 2.08. The summed E-state index contributed by atoms with van der Waals surface area (Å²) in [6.45, 7) is 3.67. The molecule has 1 aromatic carbocycles. The van der Waals surface area contributed by atoms with Crippen molar-refractivity contribution in [3.05, 3.63) is 35.9 Å². The molecule has 1 aromatic rings. The van der Waals surface area contributed by atoms with E-state index in [1.807, 2.05) is 18.2 Å². The minimum Gasteiger partial charge on any atom is -1.00 e. The van der Waals surface area contributed by atoms with Crippen LogP contribution in [0.2, 0.25) is 0 Å². The quantitative estimate of drug-likeness (QED) is 0.485. The predicted molar refractivity (Wildman–Crippen MR) is 63.5 cm³/mol. The van der Waals surface area contributed by atoms with Gasteiger partial charge in [-0.3, -0.25) is 4.48 Å². The van der Waals surface area contributed by atoms with Crippen LogP contribution >= 0.6 is 0 Å². The van der Waals surface area contributed by atoms with Crippen molar-refractivity contribution in [2.75, 3.05) is 40.1 Å². The average molecular weight is 272 g/mol. The highest BCUT2D eigenvalue weighted by Crippen LogP contribution is 2.09. The van der Waals surface area contributed by atoms with Crippen LogP contribution in [-0.4, -0.2) is 50.5 Å². The molecule has 0 radical (unpaired) electrons. The van der Waals surface area contributed by atoms with E-state index in [9.17, 15) is 4.79 Å². The molecule has 1 aliphatic heterocycles. The summed E-state index contributed by atoms with van der Waals surface area (Å²) in [4.78, 5) is 11.8. The third-order valence-corrected chi connectivity index (χ3v) is 3.07. The molecule has 1 heterocycles. The van der Waals surface area contributed by atoms with E-state index in [0.717, 1.165) is 30.8 Å². The fourth-order valence-corrected chi connectivity index (χ4v) is 1.78. The lowest BCUT2D eigenvalue weighted by Crippen LogP contribution is -3.00. The Labute approximate surface area is 113 Å². The van der Waals surface area contributed by atoms with Crippen molar-refractivity contribution in [1.82, 2.24) is 0 Å². The molecule has 5 heteroatoms. The number of morpholine rings is 1. The van der Waals surface area contributed by atoms with E-state index in [1.54, 1.807) is 12.1 Å². The number of likely N-dealkylation sites (N-methyl/N-ethyl adjacent to an activating group) is 1. The number of quaternary nitrogens is 1. The van der Waals surface area contributed by atoms with Crippen molar-refractivity contribution in [3.63, 3.8) is 0 Å². The second-order valence-electron chi connectivity index (χ2n) is 4.61. The Bertz CT molecular complexity index is 377. The number of nitrogens with zero attached hydrogens (tertiary/aromatic N) is 1. The van der Waals surface area contributed by atoms with Crippen LogP contribution in [-0.2, 0) is 9.47 Å². The maximum atomic E-state index is 11.8. The number of carbonyl (C=O) groups is 1. The third-order valence-electron chi connectivity index (χ3n) is 3.07. The lowest BCUT2D eigenvalue weighted by molar-refractivity contribution is -0.932. The van der Waals surface area contributed by atoms with Gasteiger partial charge in [0.15, 0.2) is 0 Å². The Morgan fingerprint density at radius 3 is 2.50 bits per heavy atom. The zero-order valence-corrected chi connectivity index (χ0v) is 11.2. The molecule has 0 aliphatic carbocycles. The van der Waals surface area contributed by atoms with Crippen molar-refractivity contribution in [1.29, 1.82) is 0 Å². The SMILES string of the molecule is C[N+]1(COC(=O)c2ccccc2)CCOCC1.[Cl-]. The fraction of sp³-hybridized carbons (Fsp3) is 0.462. The monoisotopic (exact) mass is 271 g/mol. The van der Waals surface area contributed by atoms with Gasteiger partial charge in [-0.1, -0.05) is 18.2 Å². The number of halogens is 1. The second-order valence-corrected chi connectivity index (χ2v) is 4.61. The molecular formula is C13H18ClNO3. The first-order valence-electron chi connectivity index (χ1n) is 5.83. The topological polar surface area (TPSA) is 35.5 Å². The maximum absolute atomic E-state index is 11.8. The normalized spacial score (nSPS) is 17.6. The highest BCUT2D eigenvalue weighted by atomic mass is 35.5. The van der Waals surface area contributed by atoms with E-state index in [-0.39, 0.29) is 18.4 Å². The Balaban J connectivity index is 0.00000162. The number of hydrogen-bond acceptors (Lipinski definition) is 3. The number of benzene rings is 1. The number of hydrogen-bond donors (Lipinski definition) is 0. The van der Waals surface area contributed by atoms with Crippen molar-refractivity contribution >= 4 is 5.97 Å². The van der Waals surface area contributed by atoms with Gasteiger partial charge in [0.2, 0.25) is 6.73 Å². The van der Waals surface area contributed by atoms with Crippen LogP contribution in [0.15, 0.2) is 30.3 Å². The van der Waals surface area contributed by atoms with E-state index in [1.165, 1.54) is 0 Å². The molecule has 0 bridgehead atoms. The average Bonchev–Trinajstić information content (AvgIpc) is 2.38. The maximum Gasteiger partial charge on any atom is 0.342 e. The first-order valence-corrected chi connectivity index (χ1v) is 5.83. The van der Waals surface area contributed by atoms with Crippen molar-refractivity contribution < 1.29 is 31.2 Å². The largest absolute Gasteiger partial charge is 1.00 e. The summed E-state index contributed by atoms with van der Waals surface area (Å²) in [5.74, 6) is -0.253. The van der Waals surface area contributed by atoms with Crippen LogP contribution in [0.5, 0.6) is 0 Å². The molecule has 100 valence electrons. The van der Waals surface area contributed by atoms with Gasteiger partial charge in [0.1, 0.15) is 13.1 Å². The van der Waals surface area contributed by atoms with Gasteiger partial charge in [-0.25, -0.2) is 4.79 Å². The van der Waals surface area contributed by atoms with Gasteiger partial charge in [0.25, 0.3) is 0 Å². The molecule has 1 aliphatic rings. The van der Waals surface area contributed by atoms with Gasteiger partial charge in [0, 0.05) is 0 Å². The first-order chi connectivity index (χ1) is 8.20. The number of ether oxygens (including phenoxy) is 2. The Kier molecular flexibility index (Phi) is 5.59. The van der Waals surface area contributed by atoms with E-state index in [2.05, 4.69) is 7.05 Å². The summed E-state index contributed by atoms with van der Waals surface area (Å²) in [6.07, 6.45) is 0. The molecule has 0 N–H and O–H groups in total. The van der Waals surface area contributed by atoms with Crippen molar-refractivity contribution in [3.8, 4) is 0 Å². The molecule has 1 fully saturated rings. The molecule has 0 spiro atoms. The molecule has 4 nitrogen and oxygen atoms in total. The van der Waals surface area contributed by atoms with Crippen molar-refractivity contribution in [2.45, 2.75) is 0 Å². The second kappa shape index (κ2) is 6.73. The van der Waals surface area contributed by atoms with Crippen LogP contribution in [0, 0.1) is 0 Å². The lowest BCUT2D eigenvalue weighted by atomic mass is 10.2. The molecule has 18 heavy (non-hydrogen) atoms. The molecule has 0 amide bonds. The molecule has 0 unspecified atom stereocenters. The number of rotatable bonds is 3. The zero-order chi connectivity index (χ0) is 12.1. The van der Waals surface area contributed by atoms with Gasteiger partial charge < -0.3 is 21.9 Å². The molecule has 0 atom stereocenters. The fourth-order valence-electron chi connectivity index (χ4n) is 1.78. The van der Waals surface area contributed by atoms with Crippen LogP contribution in [0.4, 0.5) is 0 Å². The van der Waals surface area contributed by atoms with Gasteiger partial charge in [0.05, 0.1) is 25.8 Å². The van der Waals surface area contributed by atoms with Gasteiger partial charge in [-0.2, -0.15) is 0 Å². The summed E-state index contributed by atoms with van der Waals surface area (Å²) in [6, 6.07) is 9.08. The van der Waals surface area contributed by atoms with Gasteiger partial charge in [-0.05, 0) is 12.1 Å². The van der Waals surface area contributed by atoms with Crippen LogP contribution in [0.1, 0.15) is 10.4 Å². The summed E-state index contributed by atoms with van der Waals surface area (Å²) < 4.78 is 11.4. The molecule has 0 aromatic heterocycles. The zero-order valence-electron chi connectivity index (χ0n) is 10.5. The summed E-state index contributed by atoms with van der Waals surface area (Å²) >= 11 is 0. The minimum absolute atomic E-state index is 0. The van der Waals surface area contributed by atoms with E-state index in [4.69, 9.17) is 9.47 Å². The minimum atomic E-state index is -0.253. The first kappa shape index (κ1) is 15.0. The number of carbonyl (C=O) groups excluding carboxylic acids is 1. The van der Waals surface area contributed by atoms with Gasteiger partial charge in [-0.15, -0.1) is 0 Å². The highest BCUT2D eigenvalue weighted by Gasteiger charge is 2.26. The van der Waals surface area contributed by atoms with Crippen LogP contribution in [0.25, 0.3) is 0 Å². The van der Waals surface area contributed by atoms with E-state index >= 15 is 0 Å². The molecular weight excluding hydrogens is 254 g/mol. The Morgan fingerprint density at radius 1 is 1.28 bits per heavy atom. The van der Waals surface area contributed by atoms with Crippen molar-refractivity contribution in [2.24, 2.45) is 0 Å².